The fourth-order valence-electron chi connectivity index (χ4n) is 2.56. The summed E-state index contributed by atoms with van der Waals surface area (Å²) in [5, 5.41) is 7.28. The second-order valence-corrected chi connectivity index (χ2v) is 7.52. The van der Waals surface area contributed by atoms with Crippen molar-refractivity contribution in [1.29, 1.82) is 0 Å². The normalized spacial score (nSPS) is 11.9. The van der Waals surface area contributed by atoms with Gasteiger partial charge in [-0.3, -0.25) is 9.48 Å². The van der Waals surface area contributed by atoms with E-state index in [1.54, 1.807) is 11.8 Å². The third-order valence-corrected chi connectivity index (χ3v) is 5.27. The standard InChI is InChI=1S/C21H23N3OS/c1-17(26-16-19-10-6-3-7-11-19)21(25)22-12-20-13-23-24(15-20)14-18-8-4-2-5-9-18/h2-11,13,15,17H,12,14,16H2,1H3,(H,22,25). The first-order valence-electron chi connectivity index (χ1n) is 8.69. The molecule has 0 bridgehead atoms. The number of hydrogen-bond donors (Lipinski definition) is 1. The number of nitrogens with zero attached hydrogens (tertiary/aromatic N) is 2. The Hall–Kier alpha value is -2.53. The van der Waals surface area contributed by atoms with E-state index < -0.39 is 0 Å². The SMILES string of the molecule is CC(SCc1ccccc1)C(=O)NCc1cnn(Cc2ccccc2)c1. The Morgan fingerprint density at radius 3 is 2.38 bits per heavy atom. The van der Waals surface area contributed by atoms with Crippen molar-refractivity contribution in [3.8, 4) is 0 Å². The van der Waals surface area contributed by atoms with Gasteiger partial charge in [-0.15, -0.1) is 11.8 Å². The van der Waals surface area contributed by atoms with E-state index in [0.29, 0.717) is 6.54 Å². The molecule has 0 aliphatic heterocycles. The van der Waals surface area contributed by atoms with Crippen molar-refractivity contribution in [3.05, 3.63) is 89.7 Å². The molecule has 1 atom stereocenters. The molecular formula is C21H23N3OS. The minimum absolute atomic E-state index is 0.0572. The van der Waals surface area contributed by atoms with E-state index >= 15 is 0 Å². The molecule has 1 N–H and O–H groups in total. The minimum Gasteiger partial charge on any atom is -0.351 e. The van der Waals surface area contributed by atoms with Gasteiger partial charge in [-0.2, -0.15) is 5.10 Å². The number of carbonyl (C=O) groups is 1. The van der Waals surface area contributed by atoms with Crippen LogP contribution in [0.2, 0.25) is 0 Å². The molecule has 1 aromatic heterocycles. The van der Waals surface area contributed by atoms with Crippen LogP contribution < -0.4 is 5.32 Å². The molecule has 3 aromatic rings. The molecule has 5 heteroatoms. The second kappa shape index (κ2) is 9.25. The first-order chi connectivity index (χ1) is 12.7. The highest BCUT2D eigenvalue weighted by Crippen LogP contribution is 2.17. The van der Waals surface area contributed by atoms with Gasteiger partial charge in [0.1, 0.15) is 0 Å². The molecule has 0 saturated carbocycles. The predicted octanol–water partition coefficient (Wildman–Crippen LogP) is 3.87. The highest BCUT2D eigenvalue weighted by molar-refractivity contribution is 7.99. The van der Waals surface area contributed by atoms with Gasteiger partial charge in [-0.25, -0.2) is 0 Å². The van der Waals surface area contributed by atoms with Crippen LogP contribution in [0.1, 0.15) is 23.6 Å². The van der Waals surface area contributed by atoms with Gasteiger partial charge >= 0.3 is 0 Å². The topological polar surface area (TPSA) is 46.9 Å². The van der Waals surface area contributed by atoms with E-state index in [2.05, 4.69) is 34.7 Å². The van der Waals surface area contributed by atoms with Crippen LogP contribution >= 0.6 is 11.8 Å². The van der Waals surface area contributed by atoms with Crippen molar-refractivity contribution in [3.63, 3.8) is 0 Å². The van der Waals surface area contributed by atoms with Gasteiger partial charge in [0.2, 0.25) is 5.91 Å². The molecule has 1 heterocycles. The lowest BCUT2D eigenvalue weighted by molar-refractivity contribution is -0.120. The van der Waals surface area contributed by atoms with Gasteiger partial charge < -0.3 is 5.32 Å². The van der Waals surface area contributed by atoms with Gasteiger partial charge in [0.05, 0.1) is 18.0 Å². The number of carbonyl (C=O) groups excluding carboxylic acids is 1. The van der Waals surface area contributed by atoms with Crippen molar-refractivity contribution in [2.45, 2.75) is 31.0 Å². The third-order valence-electron chi connectivity index (χ3n) is 4.05. The third kappa shape index (κ3) is 5.49. The summed E-state index contributed by atoms with van der Waals surface area (Å²) < 4.78 is 1.89. The summed E-state index contributed by atoms with van der Waals surface area (Å²) in [4.78, 5) is 12.3. The minimum atomic E-state index is -0.0884. The second-order valence-electron chi connectivity index (χ2n) is 6.19. The lowest BCUT2D eigenvalue weighted by atomic mass is 10.2. The van der Waals surface area contributed by atoms with Crippen molar-refractivity contribution < 1.29 is 4.79 Å². The number of nitrogens with one attached hydrogen (secondary N) is 1. The summed E-state index contributed by atoms with van der Waals surface area (Å²) >= 11 is 1.65. The quantitative estimate of drug-likeness (QED) is 0.659. The molecule has 2 aromatic carbocycles. The Balaban J connectivity index is 1.44. The van der Waals surface area contributed by atoms with E-state index in [1.807, 2.05) is 60.4 Å². The Kier molecular flexibility index (Phi) is 6.50. The van der Waals surface area contributed by atoms with Crippen LogP contribution in [-0.2, 0) is 23.6 Å². The molecule has 0 aliphatic rings. The van der Waals surface area contributed by atoms with E-state index in [9.17, 15) is 4.79 Å². The number of thioether (sulfide) groups is 1. The monoisotopic (exact) mass is 365 g/mol. The van der Waals surface area contributed by atoms with Crippen LogP contribution in [0.3, 0.4) is 0 Å². The number of amides is 1. The fraction of sp³-hybridized carbons (Fsp3) is 0.238. The van der Waals surface area contributed by atoms with Crippen molar-refractivity contribution >= 4 is 17.7 Å². The first-order valence-corrected chi connectivity index (χ1v) is 9.74. The smallest absolute Gasteiger partial charge is 0.233 e. The zero-order valence-electron chi connectivity index (χ0n) is 14.8. The van der Waals surface area contributed by atoms with E-state index in [-0.39, 0.29) is 11.2 Å². The Morgan fingerprint density at radius 2 is 1.69 bits per heavy atom. The van der Waals surface area contributed by atoms with E-state index in [4.69, 9.17) is 0 Å². The molecule has 3 rings (SSSR count). The predicted molar refractivity (Wildman–Crippen MR) is 107 cm³/mol. The van der Waals surface area contributed by atoms with Crippen molar-refractivity contribution in [2.24, 2.45) is 0 Å². The molecule has 0 aliphatic carbocycles. The number of benzene rings is 2. The fourth-order valence-corrected chi connectivity index (χ4v) is 3.43. The molecule has 1 amide bonds. The van der Waals surface area contributed by atoms with Crippen molar-refractivity contribution in [2.75, 3.05) is 0 Å². The van der Waals surface area contributed by atoms with Crippen LogP contribution in [0, 0.1) is 0 Å². The van der Waals surface area contributed by atoms with E-state index in [1.165, 1.54) is 11.1 Å². The highest BCUT2D eigenvalue weighted by atomic mass is 32.2. The molecule has 0 fully saturated rings. The molecule has 0 radical (unpaired) electrons. The Labute approximate surface area is 158 Å². The summed E-state index contributed by atoms with van der Waals surface area (Å²) in [7, 11) is 0. The Morgan fingerprint density at radius 1 is 1.04 bits per heavy atom. The number of aromatic nitrogens is 2. The molecule has 4 nitrogen and oxygen atoms in total. The number of hydrogen-bond acceptors (Lipinski definition) is 3. The molecule has 134 valence electrons. The zero-order chi connectivity index (χ0) is 18.2. The van der Waals surface area contributed by atoms with E-state index in [0.717, 1.165) is 17.9 Å². The molecule has 0 saturated heterocycles. The molecular weight excluding hydrogens is 342 g/mol. The van der Waals surface area contributed by atoms with Crippen LogP contribution in [0.15, 0.2) is 73.1 Å². The summed E-state index contributed by atoms with van der Waals surface area (Å²) in [6, 6.07) is 20.4. The van der Waals surface area contributed by atoms with Gasteiger partial charge in [0, 0.05) is 24.1 Å². The maximum Gasteiger partial charge on any atom is 0.233 e. The summed E-state index contributed by atoms with van der Waals surface area (Å²) in [5.74, 6) is 0.895. The Bertz CT molecular complexity index is 818. The lowest BCUT2D eigenvalue weighted by Gasteiger charge is -2.11. The lowest BCUT2D eigenvalue weighted by Crippen LogP contribution is -2.30. The highest BCUT2D eigenvalue weighted by Gasteiger charge is 2.13. The number of rotatable bonds is 8. The van der Waals surface area contributed by atoms with Crippen molar-refractivity contribution in [1.82, 2.24) is 15.1 Å². The van der Waals surface area contributed by atoms with Gasteiger partial charge in [-0.05, 0) is 18.1 Å². The summed E-state index contributed by atoms with van der Waals surface area (Å²) in [5.41, 5.74) is 3.45. The van der Waals surface area contributed by atoms with Crippen LogP contribution in [0.4, 0.5) is 0 Å². The molecule has 26 heavy (non-hydrogen) atoms. The average molecular weight is 366 g/mol. The van der Waals surface area contributed by atoms with Crippen LogP contribution in [0.25, 0.3) is 0 Å². The maximum atomic E-state index is 12.3. The largest absolute Gasteiger partial charge is 0.351 e. The first kappa shape index (κ1) is 18.3. The van der Waals surface area contributed by atoms with Gasteiger partial charge in [0.25, 0.3) is 0 Å². The zero-order valence-corrected chi connectivity index (χ0v) is 15.7. The molecule has 1 unspecified atom stereocenters. The van der Waals surface area contributed by atoms with Crippen LogP contribution in [0.5, 0.6) is 0 Å². The van der Waals surface area contributed by atoms with Gasteiger partial charge in [-0.1, -0.05) is 60.7 Å². The molecule has 0 spiro atoms. The van der Waals surface area contributed by atoms with Crippen LogP contribution in [-0.4, -0.2) is 20.9 Å². The van der Waals surface area contributed by atoms with Gasteiger partial charge in [0.15, 0.2) is 0 Å². The average Bonchev–Trinajstić information content (AvgIpc) is 3.13. The summed E-state index contributed by atoms with van der Waals surface area (Å²) in [6.45, 7) is 3.18. The summed E-state index contributed by atoms with van der Waals surface area (Å²) in [6.07, 6.45) is 3.79. The maximum absolute atomic E-state index is 12.3.